The van der Waals surface area contributed by atoms with Gasteiger partial charge in [0.1, 0.15) is 18.0 Å². The van der Waals surface area contributed by atoms with E-state index in [1.165, 1.54) is 13.8 Å². The van der Waals surface area contributed by atoms with Gasteiger partial charge in [0.15, 0.2) is 0 Å². The molecule has 8 atom stereocenters. The van der Waals surface area contributed by atoms with E-state index in [0.29, 0.717) is 36.4 Å². The van der Waals surface area contributed by atoms with Crippen molar-refractivity contribution in [2.45, 2.75) is 90.8 Å². The lowest BCUT2D eigenvalue weighted by molar-refractivity contribution is -0.157. The molecule has 0 unspecified atom stereocenters. The molecule has 5 nitrogen and oxygen atoms in total. The summed E-state index contributed by atoms with van der Waals surface area (Å²) in [5.41, 5.74) is 0.00688. The third-order valence-corrected chi connectivity index (χ3v) is 9.67. The summed E-state index contributed by atoms with van der Waals surface area (Å²) in [6.45, 7) is 5.35. The van der Waals surface area contributed by atoms with Gasteiger partial charge in [-0.2, -0.15) is 0 Å². The van der Waals surface area contributed by atoms with Gasteiger partial charge in [-0.1, -0.05) is 6.92 Å². The Morgan fingerprint density at radius 3 is 2.39 bits per heavy atom. The lowest BCUT2D eigenvalue weighted by Gasteiger charge is -2.54. The summed E-state index contributed by atoms with van der Waals surface area (Å²) in [6.07, 6.45) is 8.48. The molecule has 0 radical (unpaired) electrons. The van der Waals surface area contributed by atoms with Crippen molar-refractivity contribution in [1.82, 2.24) is 0 Å². The Kier molecular flexibility index (Phi) is 3.87. The van der Waals surface area contributed by atoms with Gasteiger partial charge in [-0.05, 0) is 62.7 Å². The quantitative estimate of drug-likeness (QED) is 0.673. The first-order valence-electron chi connectivity index (χ1n) is 11.1. The Morgan fingerprint density at radius 2 is 1.68 bits per heavy atom. The SMILES string of the molecule is CC(=O)O[C@H]1CC[C@H]2[C@@H]3CC[C@@]45CC(=O)CC[C@]4([C@H]3CC[C@]12C)[C@H]5OC(C)=O. The highest BCUT2D eigenvalue weighted by Gasteiger charge is 2.84. The minimum Gasteiger partial charge on any atom is -0.462 e. The van der Waals surface area contributed by atoms with Crippen LogP contribution in [0.15, 0.2) is 0 Å². The van der Waals surface area contributed by atoms with Crippen molar-refractivity contribution in [3.8, 4) is 0 Å². The number of hydrogen-bond donors (Lipinski definition) is 0. The molecule has 0 bridgehead atoms. The zero-order valence-electron chi connectivity index (χ0n) is 17.3. The lowest BCUT2D eigenvalue weighted by Crippen LogP contribution is -2.50. The van der Waals surface area contributed by atoms with E-state index in [4.69, 9.17) is 9.47 Å². The molecule has 28 heavy (non-hydrogen) atoms. The number of esters is 2. The first kappa shape index (κ1) is 18.6. The van der Waals surface area contributed by atoms with Crippen molar-refractivity contribution in [3.63, 3.8) is 0 Å². The molecule has 5 aliphatic rings. The van der Waals surface area contributed by atoms with Gasteiger partial charge in [0.2, 0.25) is 0 Å². The molecule has 0 N–H and O–H groups in total. The van der Waals surface area contributed by atoms with Gasteiger partial charge in [-0.15, -0.1) is 0 Å². The second kappa shape index (κ2) is 5.82. The van der Waals surface area contributed by atoms with Crippen LogP contribution in [0.3, 0.4) is 0 Å². The van der Waals surface area contributed by atoms with Crippen molar-refractivity contribution in [2.24, 2.45) is 34.0 Å². The third-order valence-electron chi connectivity index (χ3n) is 9.67. The van der Waals surface area contributed by atoms with Gasteiger partial charge in [-0.25, -0.2) is 0 Å². The lowest BCUT2D eigenvalue weighted by atomic mass is 9.50. The zero-order valence-corrected chi connectivity index (χ0v) is 17.3. The van der Waals surface area contributed by atoms with Gasteiger partial charge in [0, 0.05) is 42.9 Å². The van der Waals surface area contributed by atoms with E-state index in [1.807, 2.05) is 0 Å². The Morgan fingerprint density at radius 1 is 0.929 bits per heavy atom. The Balaban J connectivity index is 1.46. The van der Waals surface area contributed by atoms with Crippen molar-refractivity contribution < 1.29 is 23.9 Å². The maximum absolute atomic E-state index is 12.3. The molecule has 0 amide bonds. The van der Waals surface area contributed by atoms with Crippen molar-refractivity contribution in [1.29, 1.82) is 0 Å². The van der Waals surface area contributed by atoms with E-state index in [0.717, 1.165) is 44.9 Å². The molecule has 5 aliphatic carbocycles. The molecular weight excluding hydrogens is 356 g/mol. The molecule has 0 aromatic carbocycles. The number of Topliss-reactive ketones (excluding diaryl/α,β-unsaturated/α-hetero) is 1. The van der Waals surface area contributed by atoms with Crippen molar-refractivity contribution >= 4 is 17.7 Å². The van der Waals surface area contributed by atoms with Gasteiger partial charge >= 0.3 is 11.9 Å². The molecule has 0 aromatic rings. The van der Waals surface area contributed by atoms with Gasteiger partial charge in [0.05, 0.1) is 0 Å². The topological polar surface area (TPSA) is 69.7 Å². The van der Waals surface area contributed by atoms with Crippen molar-refractivity contribution in [3.05, 3.63) is 0 Å². The summed E-state index contributed by atoms with van der Waals surface area (Å²) >= 11 is 0. The molecule has 0 heterocycles. The van der Waals surface area contributed by atoms with Gasteiger partial charge < -0.3 is 9.47 Å². The molecule has 5 rings (SSSR count). The molecule has 0 spiro atoms. The fourth-order valence-electron chi connectivity index (χ4n) is 8.76. The normalized spacial score (nSPS) is 51.2. The average Bonchev–Trinajstić information content (AvgIpc) is 3.04. The summed E-state index contributed by atoms with van der Waals surface area (Å²) in [6, 6.07) is 0. The molecule has 5 heteroatoms. The first-order chi connectivity index (χ1) is 13.2. The van der Waals surface area contributed by atoms with Crippen LogP contribution in [-0.2, 0) is 23.9 Å². The number of carbonyl (C=O) groups excluding carboxylic acids is 3. The molecule has 0 saturated heterocycles. The number of fused-ring (bicyclic) bond motifs is 3. The molecule has 0 aliphatic heterocycles. The van der Waals surface area contributed by atoms with E-state index in [-0.39, 0.29) is 40.4 Å². The number of carbonyl (C=O) groups is 3. The van der Waals surface area contributed by atoms with Crippen LogP contribution in [0, 0.1) is 34.0 Å². The highest BCUT2D eigenvalue weighted by Crippen LogP contribution is 2.83. The monoisotopic (exact) mass is 388 g/mol. The number of ether oxygens (including phenoxy) is 2. The number of ketones is 1. The maximum Gasteiger partial charge on any atom is 0.302 e. The standard InChI is InChI=1S/C23H32O5/c1-13(24)27-19-5-4-17-16-7-10-22-12-15(26)6-11-23(22,20(22)28-14(2)25)18(16)8-9-21(17,19)3/h16-20H,4-12H2,1-3H3/t16-,17-,18-,19-,20-,21-,22-,23-/m0/s1. The fourth-order valence-corrected chi connectivity index (χ4v) is 8.76. The zero-order chi connectivity index (χ0) is 19.9. The smallest absolute Gasteiger partial charge is 0.302 e. The summed E-state index contributed by atoms with van der Waals surface area (Å²) in [4.78, 5) is 35.8. The summed E-state index contributed by atoms with van der Waals surface area (Å²) in [5, 5.41) is 0. The predicted octanol–water partition coefficient (Wildman–Crippen LogP) is 3.83. The van der Waals surface area contributed by atoms with Crippen LogP contribution in [-0.4, -0.2) is 29.9 Å². The van der Waals surface area contributed by atoms with Crippen LogP contribution >= 0.6 is 0 Å². The van der Waals surface area contributed by atoms with Crippen molar-refractivity contribution in [2.75, 3.05) is 0 Å². The molecule has 0 aromatic heterocycles. The largest absolute Gasteiger partial charge is 0.462 e. The van der Waals surface area contributed by atoms with Crippen LogP contribution in [0.2, 0.25) is 0 Å². The minimum absolute atomic E-state index is 0.0242. The third kappa shape index (κ3) is 2.16. The van der Waals surface area contributed by atoms with Crippen LogP contribution in [0.25, 0.3) is 0 Å². The second-order valence-electron chi connectivity index (χ2n) is 10.5. The predicted molar refractivity (Wildman–Crippen MR) is 101 cm³/mol. The average molecular weight is 389 g/mol. The second-order valence-corrected chi connectivity index (χ2v) is 10.5. The Hall–Kier alpha value is -1.39. The van der Waals surface area contributed by atoms with E-state index < -0.39 is 0 Å². The van der Waals surface area contributed by atoms with E-state index >= 15 is 0 Å². The Bertz CT molecular complexity index is 745. The summed E-state index contributed by atoms with van der Waals surface area (Å²) in [5.74, 6) is 1.67. The van der Waals surface area contributed by atoms with Crippen LogP contribution in [0.1, 0.15) is 78.6 Å². The number of rotatable bonds is 2. The van der Waals surface area contributed by atoms with E-state index in [9.17, 15) is 14.4 Å². The van der Waals surface area contributed by atoms with E-state index in [1.54, 1.807) is 0 Å². The van der Waals surface area contributed by atoms with Crippen LogP contribution < -0.4 is 0 Å². The maximum atomic E-state index is 12.3. The Labute approximate surface area is 166 Å². The van der Waals surface area contributed by atoms with Gasteiger partial charge in [-0.3, -0.25) is 14.4 Å². The molecular formula is C23H32O5. The summed E-state index contributed by atoms with van der Waals surface area (Å²) in [7, 11) is 0. The van der Waals surface area contributed by atoms with E-state index in [2.05, 4.69) is 6.92 Å². The number of hydrogen-bond acceptors (Lipinski definition) is 5. The molecule has 5 saturated carbocycles. The molecule has 5 fully saturated rings. The van der Waals surface area contributed by atoms with Crippen LogP contribution in [0.5, 0.6) is 0 Å². The highest BCUT2D eigenvalue weighted by molar-refractivity contribution is 5.82. The molecule has 154 valence electrons. The summed E-state index contributed by atoms with van der Waals surface area (Å²) < 4.78 is 11.6. The minimum atomic E-state index is -0.208. The van der Waals surface area contributed by atoms with Gasteiger partial charge in [0.25, 0.3) is 0 Å². The first-order valence-corrected chi connectivity index (χ1v) is 11.1. The highest BCUT2D eigenvalue weighted by atomic mass is 16.6. The van der Waals surface area contributed by atoms with Crippen LogP contribution in [0.4, 0.5) is 0 Å². The fraction of sp³-hybridized carbons (Fsp3) is 0.870.